The van der Waals surface area contributed by atoms with E-state index in [1.165, 1.54) is 21.3 Å². The zero-order valence-corrected chi connectivity index (χ0v) is 13.9. The monoisotopic (exact) mass is 311 g/mol. The smallest absolute Gasteiger partial charge is 0.0465 e. The normalized spacial score (nSPS) is 14.4. The number of hydrogen-bond acceptors (Lipinski definition) is 4. The van der Waals surface area contributed by atoms with Gasteiger partial charge in [0.1, 0.15) is 0 Å². The van der Waals surface area contributed by atoms with E-state index >= 15 is 0 Å². The summed E-state index contributed by atoms with van der Waals surface area (Å²) >= 11 is 5.71. The molecule has 2 rings (SSSR count). The second-order valence-corrected chi connectivity index (χ2v) is 7.91. The van der Waals surface area contributed by atoms with Gasteiger partial charge in [-0.2, -0.15) is 11.8 Å². The standard InChI is InChI=1S/C15H21NS3/c1-3-17-11-12(2)16-14(15-7-5-9-19-15)10-13-6-4-8-18-13/h4-9,12,14,16H,3,10-11H2,1-2H3. The second-order valence-electron chi connectivity index (χ2n) is 4.58. The molecule has 2 aromatic heterocycles. The number of nitrogens with one attached hydrogen (secondary N) is 1. The summed E-state index contributed by atoms with van der Waals surface area (Å²) in [6, 6.07) is 9.77. The van der Waals surface area contributed by atoms with Crippen LogP contribution >= 0.6 is 34.4 Å². The highest BCUT2D eigenvalue weighted by molar-refractivity contribution is 7.99. The number of thioether (sulfide) groups is 1. The lowest BCUT2D eigenvalue weighted by Gasteiger charge is -2.22. The molecule has 0 aliphatic carbocycles. The molecule has 0 aromatic carbocycles. The first-order chi connectivity index (χ1) is 9.29. The van der Waals surface area contributed by atoms with E-state index in [1.54, 1.807) is 0 Å². The van der Waals surface area contributed by atoms with Gasteiger partial charge < -0.3 is 5.32 Å². The van der Waals surface area contributed by atoms with Crippen LogP contribution in [0.25, 0.3) is 0 Å². The molecule has 0 fully saturated rings. The summed E-state index contributed by atoms with van der Waals surface area (Å²) in [6.07, 6.45) is 1.10. The highest BCUT2D eigenvalue weighted by Crippen LogP contribution is 2.25. The third-order valence-corrected chi connectivity index (χ3v) is 5.96. The Balaban J connectivity index is 1.98. The number of thiophene rings is 2. The maximum absolute atomic E-state index is 3.79. The minimum Gasteiger partial charge on any atom is -0.306 e. The van der Waals surface area contributed by atoms with Crippen LogP contribution in [0.5, 0.6) is 0 Å². The molecule has 4 heteroatoms. The Kier molecular flexibility index (Phi) is 6.44. The molecule has 1 N–H and O–H groups in total. The van der Waals surface area contributed by atoms with Gasteiger partial charge in [0.25, 0.3) is 0 Å². The van der Waals surface area contributed by atoms with E-state index < -0.39 is 0 Å². The average Bonchev–Trinajstić information content (AvgIpc) is 3.08. The second kappa shape index (κ2) is 8.10. The van der Waals surface area contributed by atoms with Gasteiger partial charge in [-0.3, -0.25) is 0 Å². The molecular formula is C15H21NS3. The van der Waals surface area contributed by atoms with Crippen molar-refractivity contribution in [1.29, 1.82) is 0 Å². The summed E-state index contributed by atoms with van der Waals surface area (Å²) in [5.74, 6) is 2.38. The van der Waals surface area contributed by atoms with Crippen LogP contribution in [0.15, 0.2) is 35.0 Å². The molecule has 0 aliphatic heterocycles. The first-order valence-corrected chi connectivity index (χ1v) is 9.60. The Morgan fingerprint density at radius 3 is 2.63 bits per heavy atom. The molecule has 0 bridgehead atoms. The van der Waals surface area contributed by atoms with E-state index in [4.69, 9.17) is 0 Å². The molecule has 0 saturated heterocycles. The van der Waals surface area contributed by atoms with Crippen LogP contribution in [0.3, 0.4) is 0 Å². The molecule has 2 heterocycles. The predicted molar refractivity (Wildman–Crippen MR) is 90.7 cm³/mol. The fourth-order valence-electron chi connectivity index (χ4n) is 2.05. The van der Waals surface area contributed by atoms with Gasteiger partial charge in [-0.15, -0.1) is 22.7 Å². The van der Waals surface area contributed by atoms with E-state index in [-0.39, 0.29) is 0 Å². The quantitative estimate of drug-likeness (QED) is 0.750. The van der Waals surface area contributed by atoms with Crippen LogP contribution in [0.1, 0.15) is 29.6 Å². The summed E-state index contributed by atoms with van der Waals surface area (Å²) < 4.78 is 0. The molecule has 0 saturated carbocycles. The van der Waals surface area contributed by atoms with Gasteiger partial charge in [-0.05, 0) is 35.6 Å². The van der Waals surface area contributed by atoms with Gasteiger partial charge in [0.05, 0.1) is 0 Å². The first-order valence-electron chi connectivity index (χ1n) is 6.69. The molecule has 1 nitrogen and oxygen atoms in total. The zero-order chi connectivity index (χ0) is 13.5. The molecule has 2 aromatic rings. The predicted octanol–water partition coefficient (Wildman–Crippen LogP) is 4.82. The highest BCUT2D eigenvalue weighted by atomic mass is 32.2. The van der Waals surface area contributed by atoms with Gasteiger partial charge >= 0.3 is 0 Å². The topological polar surface area (TPSA) is 12.0 Å². The van der Waals surface area contributed by atoms with Crippen molar-refractivity contribution >= 4 is 34.4 Å². The Morgan fingerprint density at radius 1 is 1.21 bits per heavy atom. The maximum Gasteiger partial charge on any atom is 0.0465 e. The lowest BCUT2D eigenvalue weighted by atomic mass is 10.1. The van der Waals surface area contributed by atoms with E-state index in [9.17, 15) is 0 Å². The van der Waals surface area contributed by atoms with Crippen LogP contribution in [0.2, 0.25) is 0 Å². The Labute approximate surface area is 128 Å². The van der Waals surface area contributed by atoms with Crippen molar-refractivity contribution in [2.45, 2.75) is 32.4 Å². The highest BCUT2D eigenvalue weighted by Gasteiger charge is 2.16. The van der Waals surface area contributed by atoms with E-state index in [0.29, 0.717) is 12.1 Å². The van der Waals surface area contributed by atoms with Crippen molar-refractivity contribution in [3.63, 3.8) is 0 Å². The van der Waals surface area contributed by atoms with Crippen LogP contribution in [-0.2, 0) is 6.42 Å². The van der Waals surface area contributed by atoms with Crippen molar-refractivity contribution in [2.75, 3.05) is 11.5 Å². The Morgan fingerprint density at radius 2 is 2.00 bits per heavy atom. The number of hydrogen-bond donors (Lipinski definition) is 1. The van der Waals surface area contributed by atoms with E-state index in [2.05, 4.69) is 54.2 Å². The fourth-order valence-corrected chi connectivity index (χ4v) is 4.27. The molecule has 0 amide bonds. The van der Waals surface area contributed by atoms with Crippen molar-refractivity contribution < 1.29 is 0 Å². The third-order valence-electron chi connectivity index (χ3n) is 2.93. The van der Waals surface area contributed by atoms with Gasteiger partial charge in [0, 0.05) is 34.0 Å². The van der Waals surface area contributed by atoms with Gasteiger partial charge in [-0.25, -0.2) is 0 Å². The van der Waals surface area contributed by atoms with Crippen LogP contribution in [0, 0.1) is 0 Å². The maximum atomic E-state index is 3.79. The summed E-state index contributed by atoms with van der Waals surface area (Å²) in [5.41, 5.74) is 0. The number of rotatable bonds is 8. The lowest BCUT2D eigenvalue weighted by molar-refractivity contribution is 0.487. The molecule has 104 valence electrons. The van der Waals surface area contributed by atoms with Crippen molar-refractivity contribution in [1.82, 2.24) is 5.32 Å². The fraction of sp³-hybridized carbons (Fsp3) is 0.467. The SMILES string of the molecule is CCSCC(C)NC(Cc1cccs1)c1cccs1. The largest absolute Gasteiger partial charge is 0.306 e. The first kappa shape index (κ1) is 15.1. The Bertz CT molecular complexity index is 436. The molecule has 0 spiro atoms. The molecule has 19 heavy (non-hydrogen) atoms. The minimum absolute atomic E-state index is 0.450. The van der Waals surface area contributed by atoms with Gasteiger partial charge in [0.15, 0.2) is 0 Å². The van der Waals surface area contributed by atoms with Gasteiger partial charge in [0.2, 0.25) is 0 Å². The van der Waals surface area contributed by atoms with Crippen LogP contribution in [0.4, 0.5) is 0 Å². The van der Waals surface area contributed by atoms with Crippen LogP contribution in [-0.4, -0.2) is 17.5 Å². The van der Waals surface area contributed by atoms with Crippen molar-refractivity contribution in [3.05, 3.63) is 44.8 Å². The van der Waals surface area contributed by atoms with Crippen molar-refractivity contribution in [2.24, 2.45) is 0 Å². The summed E-state index contributed by atoms with van der Waals surface area (Å²) in [6.45, 7) is 4.51. The summed E-state index contributed by atoms with van der Waals surface area (Å²) in [7, 11) is 0. The molecule has 0 aliphatic rings. The third kappa shape index (κ3) is 4.95. The molecule has 2 unspecified atom stereocenters. The van der Waals surface area contributed by atoms with E-state index in [0.717, 1.165) is 6.42 Å². The van der Waals surface area contributed by atoms with Crippen molar-refractivity contribution in [3.8, 4) is 0 Å². The lowest BCUT2D eigenvalue weighted by Crippen LogP contribution is -2.33. The summed E-state index contributed by atoms with van der Waals surface area (Å²) in [4.78, 5) is 2.91. The molecule has 2 atom stereocenters. The molecular weight excluding hydrogens is 290 g/mol. The van der Waals surface area contributed by atoms with Gasteiger partial charge in [-0.1, -0.05) is 19.1 Å². The Hall–Kier alpha value is -0.290. The van der Waals surface area contributed by atoms with E-state index in [1.807, 2.05) is 34.4 Å². The average molecular weight is 312 g/mol. The zero-order valence-electron chi connectivity index (χ0n) is 11.5. The summed E-state index contributed by atoms with van der Waals surface area (Å²) in [5, 5.41) is 8.12. The van der Waals surface area contributed by atoms with Crippen LogP contribution < -0.4 is 5.32 Å². The minimum atomic E-state index is 0.450. The molecule has 0 radical (unpaired) electrons.